The molecule has 58 heavy (non-hydrogen) atoms. The molecular weight excluding hydrogens is 717 g/mol. The molecule has 5 heteroatoms. The molecular formula is C53H88O5. The minimum Gasteiger partial charge on any atom is -0.462 e. The van der Waals surface area contributed by atoms with Gasteiger partial charge in [0.25, 0.3) is 0 Å². The lowest BCUT2D eigenvalue weighted by Crippen LogP contribution is -2.30. The third-order valence-corrected chi connectivity index (χ3v) is 9.60. The lowest BCUT2D eigenvalue weighted by Gasteiger charge is -2.18. The average Bonchev–Trinajstić information content (AvgIpc) is 3.22. The molecule has 0 N–H and O–H groups in total. The van der Waals surface area contributed by atoms with Crippen LogP contribution in [-0.4, -0.2) is 37.9 Å². The van der Waals surface area contributed by atoms with Crippen LogP contribution >= 0.6 is 0 Å². The SMILES string of the molecule is CC/C=C\C/C=C\C/C=C\C/C=C\C/C=C\CCCC(=O)OC(COCCCCCCCC)COC(=O)CCCCCCCC/C=C\C/C=C\C/C=C\CCCCC. The zero-order valence-corrected chi connectivity index (χ0v) is 37.8. The van der Waals surface area contributed by atoms with Gasteiger partial charge in [0, 0.05) is 19.4 Å². The van der Waals surface area contributed by atoms with Gasteiger partial charge in [-0.05, 0) is 96.3 Å². The van der Waals surface area contributed by atoms with Crippen LogP contribution in [0.5, 0.6) is 0 Å². The molecule has 0 amide bonds. The summed E-state index contributed by atoms with van der Waals surface area (Å²) in [6, 6.07) is 0. The van der Waals surface area contributed by atoms with E-state index in [4.69, 9.17) is 14.2 Å². The molecule has 0 saturated carbocycles. The summed E-state index contributed by atoms with van der Waals surface area (Å²) < 4.78 is 17.2. The highest BCUT2D eigenvalue weighted by molar-refractivity contribution is 5.70. The highest BCUT2D eigenvalue weighted by Gasteiger charge is 2.17. The van der Waals surface area contributed by atoms with Gasteiger partial charge in [0.1, 0.15) is 6.61 Å². The first kappa shape index (κ1) is 54.8. The first-order chi connectivity index (χ1) is 28.6. The van der Waals surface area contributed by atoms with E-state index in [2.05, 4.69) is 118 Å². The second-order valence-electron chi connectivity index (χ2n) is 15.3. The number of hydrogen-bond donors (Lipinski definition) is 0. The average molecular weight is 805 g/mol. The smallest absolute Gasteiger partial charge is 0.306 e. The van der Waals surface area contributed by atoms with Crippen LogP contribution in [0.4, 0.5) is 0 Å². The van der Waals surface area contributed by atoms with Crippen LogP contribution in [0.1, 0.15) is 201 Å². The fourth-order valence-electron chi connectivity index (χ4n) is 6.08. The Morgan fingerprint density at radius 3 is 1.33 bits per heavy atom. The molecule has 0 spiro atoms. The van der Waals surface area contributed by atoms with Crippen LogP contribution in [-0.2, 0) is 23.8 Å². The molecule has 0 aromatic rings. The Morgan fingerprint density at radius 2 is 0.793 bits per heavy atom. The summed E-state index contributed by atoms with van der Waals surface area (Å²) in [4.78, 5) is 25.2. The predicted molar refractivity (Wildman–Crippen MR) is 251 cm³/mol. The molecule has 0 rings (SSSR count). The van der Waals surface area contributed by atoms with E-state index in [0.29, 0.717) is 19.4 Å². The maximum atomic E-state index is 12.7. The van der Waals surface area contributed by atoms with Crippen molar-refractivity contribution >= 4 is 11.9 Å². The van der Waals surface area contributed by atoms with E-state index in [0.717, 1.165) is 96.3 Å². The Morgan fingerprint density at radius 1 is 0.397 bits per heavy atom. The highest BCUT2D eigenvalue weighted by atomic mass is 16.6. The third-order valence-electron chi connectivity index (χ3n) is 9.60. The Labute approximate surface area is 358 Å². The van der Waals surface area contributed by atoms with Gasteiger partial charge in [0.05, 0.1) is 6.61 Å². The molecule has 0 aliphatic carbocycles. The standard InChI is InChI=1S/C53H88O5/c1-4-7-10-13-16-18-20-22-24-26-27-29-30-32-34-36-38-40-43-46-52(54)57-50-51(49-56-48-45-42-15-12-9-6-3)58-53(55)47-44-41-39-37-35-33-31-28-25-23-21-19-17-14-11-8-5-2/h8,11,16-19,22-25,27,29,31,33,37,39,51H,4-7,9-10,12-15,20-21,26,28,30,32,34-36,38,40-50H2,1-3H3/b11-8-,18-16-,19-17-,24-22-,25-23-,29-27-,33-31-,39-37-. The summed E-state index contributed by atoms with van der Waals surface area (Å²) in [5, 5.41) is 0. The summed E-state index contributed by atoms with van der Waals surface area (Å²) in [5.74, 6) is -0.488. The molecule has 1 unspecified atom stereocenters. The van der Waals surface area contributed by atoms with E-state index in [9.17, 15) is 9.59 Å². The molecule has 1 atom stereocenters. The molecule has 0 radical (unpaired) electrons. The van der Waals surface area contributed by atoms with Gasteiger partial charge >= 0.3 is 11.9 Å². The van der Waals surface area contributed by atoms with Crippen LogP contribution in [0.2, 0.25) is 0 Å². The van der Waals surface area contributed by atoms with Gasteiger partial charge < -0.3 is 14.2 Å². The van der Waals surface area contributed by atoms with Crippen molar-refractivity contribution in [2.75, 3.05) is 19.8 Å². The van der Waals surface area contributed by atoms with Crippen molar-refractivity contribution in [3.63, 3.8) is 0 Å². The fourth-order valence-corrected chi connectivity index (χ4v) is 6.08. The molecule has 330 valence electrons. The second kappa shape index (κ2) is 48.2. The van der Waals surface area contributed by atoms with Crippen molar-refractivity contribution in [3.8, 4) is 0 Å². The maximum absolute atomic E-state index is 12.7. The molecule has 0 aliphatic rings. The van der Waals surface area contributed by atoms with E-state index < -0.39 is 6.10 Å². The summed E-state index contributed by atoms with van der Waals surface area (Å²) in [5.41, 5.74) is 0. The number of carbonyl (C=O) groups is 2. The summed E-state index contributed by atoms with van der Waals surface area (Å²) >= 11 is 0. The number of unbranched alkanes of at least 4 members (excludes halogenated alkanes) is 15. The fraction of sp³-hybridized carbons (Fsp3) is 0.660. The minimum atomic E-state index is -0.572. The molecule has 0 aliphatic heterocycles. The second-order valence-corrected chi connectivity index (χ2v) is 15.3. The van der Waals surface area contributed by atoms with Crippen LogP contribution in [0.3, 0.4) is 0 Å². The minimum absolute atomic E-state index is 0.0509. The Hall–Kier alpha value is -3.18. The van der Waals surface area contributed by atoms with Gasteiger partial charge in [-0.1, -0.05) is 189 Å². The van der Waals surface area contributed by atoms with Crippen molar-refractivity contribution in [2.24, 2.45) is 0 Å². The molecule has 0 fully saturated rings. The Bertz CT molecular complexity index is 1140. The van der Waals surface area contributed by atoms with Crippen molar-refractivity contribution < 1.29 is 23.8 Å². The van der Waals surface area contributed by atoms with Gasteiger partial charge in [-0.2, -0.15) is 0 Å². The van der Waals surface area contributed by atoms with Crippen molar-refractivity contribution in [2.45, 2.75) is 207 Å². The Balaban J connectivity index is 4.24. The summed E-state index contributed by atoms with van der Waals surface area (Å²) in [6.07, 6.45) is 64.2. The summed E-state index contributed by atoms with van der Waals surface area (Å²) in [6.45, 7) is 7.56. The van der Waals surface area contributed by atoms with Gasteiger partial charge in [-0.3, -0.25) is 9.59 Å². The Kier molecular flexibility index (Phi) is 45.5. The van der Waals surface area contributed by atoms with Gasteiger partial charge in [0.2, 0.25) is 0 Å². The van der Waals surface area contributed by atoms with Crippen LogP contribution in [0.15, 0.2) is 97.2 Å². The first-order valence-corrected chi connectivity index (χ1v) is 23.8. The molecule has 0 bridgehead atoms. The van der Waals surface area contributed by atoms with E-state index >= 15 is 0 Å². The lowest BCUT2D eigenvalue weighted by atomic mass is 10.1. The number of carbonyl (C=O) groups excluding carboxylic acids is 2. The molecule has 0 saturated heterocycles. The van der Waals surface area contributed by atoms with Crippen molar-refractivity contribution in [1.29, 1.82) is 0 Å². The van der Waals surface area contributed by atoms with Gasteiger partial charge in [0.15, 0.2) is 6.10 Å². The predicted octanol–water partition coefficient (Wildman–Crippen LogP) is 15.9. The zero-order valence-electron chi connectivity index (χ0n) is 37.8. The highest BCUT2D eigenvalue weighted by Crippen LogP contribution is 2.11. The first-order valence-electron chi connectivity index (χ1n) is 23.8. The normalized spacial score (nSPS) is 13.1. The number of esters is 2. The molecule has 0 aromatic carbocycles. The monoisotopic (exact) mass is 805 g/mol. The van der Waals surface area contributed by atoms with E-state index in [1.807, 2.05) is 0 Å². The van der Waals surface area contributed by atoms with Gasteiger partial charge in [-0.15, -0.1) is 0 Å². The maximum Gasteiger partial charge on any atom is 0.306 e. The van der Waals surface area contributed by atoms with Crippen molar-refractivity contribution in [1.82, 2.24) is 0 Å². The number of hydrogen-bond acceptors (Lipinski definition) is 5. The van der Waals surface area contributed by atoms with E-state index in [1.165, 1.54) is 70.6 Å². The molecule has 0 aromatic heterocycles. The zero-order chi connectivity index (χ0) is 42.1. The van der Waals surface area contributed by atoms with Gasteiger partial charge in [-0.25, -0.2) is 0 Å². The number of allylic oxidation sites excluding steroid dienone is 16. The lowest BCUT2D eigenvalue weighted by molar-refractivity contribution is -0.162. The molecule has 5 nitrogen and oxygen atoms in total. The van der Waals surface area contributed by atoms with Crippen LogP contribution in [0.25, 0.3) is 0 Å². The number of ether oxygens (including phenoxy) is 3. The topological polar surface area (TPSA) is 61.8 Å². The summed E-state index contributed by atoms with van der Waals surface area (Å²) in [7, 11) is 0. The van der Waals surface area contributed by atoms with Crippen LogP contribution < -0.4 is 0 Å². The van der Waals surface area contributed by atoms with E-state index in [-0.39, 0.29) is 25.2 Å². The van der Waals surface area contributed by atoms with E-state index in [1.54, 1.807) is 0 Å². The largest absolute Gasteiger partial charge is 0.462 e. The third kappa shape index (κ3) is 45.5. The van der Waals surface area contributed by atoms with Crippen LogP contribution in [0, 0.1) is 0 Å². The van der Waals surface area contributed by atoms with Crippen molar-refractivity contribution in [3.05, 3.63) is 97.2 Å². The number of rotatable bonds is 42. The quantitative estimate of drug-likeness (QED) is 0.0349. The molecule has 0 heterocycles.